The summed E-state index contributed by atoms with van der Waals surface area (Å²) in [6, 6.07) is 0. The van der Waals surface area contributed by atoms with E-state index in [1.54, 1.807) is 0 Å². The number of hydrogen-bond acceptors (Lipinski definition) is 5. The Morgan fingerprint density at radius 3 is 2.57 bits per heavy atom. The van der Waals surface area contributed by atoms with Gasteiger partial charge in [-0.25, -0.2) is 0 Å². The van der Waals surface area contributed by atoms with Crippen LogP contribution in [-0.2, 0) is 9.47 Å². The first-order valence-corrected chi connectivity index (χ1v) is 8.41. The van der Waals surface area contributed by atoms with E-state index in [1.807, 2.05) is 0 Å². The largest absolute Gasteiger partial charge is 0.387 e. The molecule has 0 saturated carbocycles. The molecule has 0 aromatic rings. The second-order valence-electron chi connectivity index (χ2n) is 6.12. The third-order valence-corrected chi connectivity index (χ3v) is 3.85. The Bertz CT molecular complexity index is 280. The van der Waals surface area contributed by atoms with Crippen molar-refractivity contribution in [3.8, 4) is 0 Å². The number of hydrogen-bond donors (Lipinski definition) is 3. The Morgan fingerprint density at radius 2 is 1.95 bits per heavy atom. The highest BCUT2D eigenvalue weighted by atomic mass is 35.5. The molecule has 1 saturated heterocycles. The molecule has 6 heteroatoms. The highest BCUT2D eigenvalue weighted by molar-refractivity contribution is 6.19. The molecule has 1 unspecified atom stereocenters. The van der Waals surface area contributed by atoms with Gasteiger partial charge in [-0.2, -0.15) is 0 Å². The molecular weight excluding hydrogens is 294 g/mol. The standard InChI is InChI=1S/C15H30ClNO4/c1-4-5-6-7-12(16)21-15-14(19)13(18)11(20-15)9-17-8-10(2)3/h10-15,17-19H,4-9H2,1-3H3/t11-,12?,13-,14+,15+/m1/s1. The molecule has 1 heterocycles. The number of alkyl halides is 1. The molecule has 0 aliphatic carbocycles. The summed E-state index contributed by atoms with van der Waals surface area (Å²) in [4.78, 5) is 0. The average molecular weight is 324 g/mol. The van der Waals surface area contributed by atoms with Gasteiger partial charge in [0.05, 0.1) is 0 Å². The van der Waals surface area contributed by atoms with Crippen LogP contribution in [0.3, 0.4) is 0 Å². The van der Waals surface area contributed by atoms with Crippen LogP contribution < -0.4 is 5.32 Å². The van der Waals surface area contributed by atoms with E-state index in [9.17, 15) is 10.2 Å². The molecule has 0 amide bonds. The van der Waals surface area contributed by atoms with Crippen molar-refractivity contribution in [3.63, 3.8) is 0 Å². The van der Waals surface area contributed by atoms with Gasteiger partial charge in [0.25, 0.3) is 0 Å². The molecule has 0 spiro atoms. The molecule has 0 bridgehead atoms. The predicted molar refractivity (Wildman–Crippen MR) is 83.3 cm³/mol. The molecule has 1 aliphatic rings. The zero-order valence-electron chi connectivity index (χ0n) is 13.3. The second-order valence-corrected chi connectivity index (χ2v) is 6.60. The summed E-state index contributed by atoms with van der Waals surface area (Å²) < 4.78 is 11.1. The van der Waals surface area contributed by atoms with Gasteiger partial charge in [0, 0.05) is 6.54 Å². The van der Waals surface area contributed by atoms with E-state index in [-0.39, 0.29) is 0 Å². The molecule has 5 atom stereocenters. The SMILES string of the molecule is CCCCCC(Cl)O[C@@H]1O[C@H](CNCC(C)C)[C@@H](O)[C@@H]1O. The van der Waals surface area contributed by atoms with Crippen LogP contribution in [0.2, 0.25) is 0 Å². The van der Waals surface area contributed by atoms with Crippen LogP contribution in [0.1, 0.15) is 46.5 Å². The number of aliphatic hydroxyl groups excluding tert-OH is 2. The number of halogens is 1. The normalized spacial score (nSPS) is 31.0. The number of rotatable bonds is 10. The quantitative estimate of drug-likeness (QED) is 0.423. The number of ether oxygens (including phenoxy) is 2. The van der Waals surface area contributed by atoms with Gasteiger partial charge in [0.2, 0.25) is 0 Å². The maximum Gasteiger partial charge on any atom is 0.188 e. The average Bonchev–Trinajstić information content (AvgIpc) is 2.67. The van der Waals surface area contributed by atoms with Crippen LogP contribution in [0, 0.1) is 5.92 Å². The zero-order valence-corrected chi connectivity index (χ0v) is 14.1. The minimum atomic E-state index is -1.05. The van der Waals surface area contributed by atoms with E-state index in [2.05, 4.69) is 26.1 Å². The van der Waals surface area contributed by atoms with Crippen LogP contribution >= 0.6 is 11.6 Å². The molecule has 0 radical (unpaired) electrons. The van der Waals surface area contributed by atoms with Crippen molar-refractivity contribution in [2.75, 3.05) is 13.1 Å². The number of aliphatic hydroxyl groups is 2. The lowest BCUT2D eigenvalue weighted by Crippen LogP contribution is -2.39. The van der Waals surface area contributed by atoms with Gasteiger partial charge in [-0.1, -0.05) is 45.2 Å². The summed E-state index contributed by atoms with van der Waals surface area (Å²) in [5, 5.41) is 23.2. The fraction of sp³-hybridized carbons (Fsp3) is 1.00. The van der Waals surface area contributed by atoms with Gasteiger partial charge in [0.1, 0.15) is 23.9 Å². The monoisotopic (exact) mass is 323 g/mol. The molecule has 1 fully saturated rings. The lowest BCUT2D eigenvalue weighted by molar-refractivity contribution is -0.174. The maximum absolute atomic E-state index is 9.98. The number of nitrogens with one attached hydrogen (secondary N) is 1. The Kier molecular flexibility index (Phi) is 9.09. The molecule has 126 valence electrons. The summed E-state index contributed by atoms with van der Waals surface area (Å²) >= 11 is 6.09. The third-order valence-electron chi connectivity index (χ3n) is 3.53. The van der Waals surface area contributed by atoms with Gasteiger partial charge in [-0.05, 0) is 25.3 Å². The van der Waals surface area contributed by atoms with Crippen molar-refractivity contribution in [1.29, 1.82) is 0 Å². The molecule has 1 aliphatic heterocycles. The Hall–Kier alpha value is 0.0900. The van der Waals surface area contributed by atoms with Crippen LogP contribution in [0.15, 0.2) is 0 Å². The van der Waals surface area contributed by atoms with Crippen molar-refractivity contribution < 1.29 is 19.7 Å². The van der Waals surface area contributed by atoms with Crippen molar-refractivity contribution in [3.05, 3.63) is 0 Å². The molecule has 3 N–H and O–H groups in total. The van der Waals surface area contributed by atoms with Crippen molar-refractivity contribution in [2.45, 2.75) is 76.6 Å². The smallest absolute Gasteiger partial charge is 0.188 e. The topological polar surface area (TPSA) is 71.0 Å². The van der Waals surface area contributed by atoms with Crippen LogP contribution in [0.5, 0.6) is 0 Å². The first-order valence-electron chi connectivity index (χ1n) is 7.97. The third kappa shape index (κ3) is 6.80. The molecule has 21 heavy (non-hydrogen) atoms. The van der Waals surface area contributed by atoms with E-state index < -0.39 is 30.2 Å². The van der Waals surface area contributed by atoms with Gasteiger partial charge < -0.3 is 25.0 Å². The first kappa shape index (κ1) is 19.1. The van der Waals surface area contributed by atoms with Crippen molar-refractivity contribution in [2.24, 2.45) is 5.92 Å². The fourth-order valence-corrected chi connectivity index (χ4v) is 2.53. The van der Waals surface area contributed by atoms with E-state index >= 15 is 0 Å². The van der Waals surface area contributed by atoms with Crippen LogP contribution in [0.4, 0.5) is 0 Å². The summed E-state index contributed by atoms with van der Waals surface area (Å²) in [7, 11) is 0. The Labute approximate surface area is 133 Å². The minimum Gasteiger partial charge on any atom is -0.387 e. The van der Waals surface area contributed by atoms with Crippen molar-refractivity contribution in [1.82, 2.24) is 5.32 Å². The minimum absolute atomic E-state index is 0.469. The fourth-order valence-electron chi connectivity index (χ4n) is 2.28. The van der Waals surface area contributed by atoms with E-state index in [1.165, 1.54) is 0 Å². The van der Waals surface area contributed by atoms with E-state index in [0.717, 1.165) is 25.8 Å². The van der Waals surface area contributed by atoms with Crippen LogP contribution in [-0.4, -0.2) is 53.5 Å². The zero-order chi connectivity index (χ0) is 15.8. The molecule has 5 nitrogen and oxygen atoms in total. The van der Waals surface area contributed by atoms with Gasteiger partial charge in [-0.3, -0.25) is 0 Å². The molecule has 0 aromatic carbocycles. The second kappa shape index (κ2) is 9.98. The summed E-state index contributed by atoms with van der Waals surface area (Å²) in [5.74, 6) is 0.520. The highest BCUT2D eigenvalue weighted by Gasteiger charge is 2.43. The Balaban J connectivity index is 2.32. The first-order chi connectivity index (χ1) is 9.95. The van der Waals surface area contributed by atoms with Crippen molar-refractivity contribution >= 4 is 11.6 Å². The van der Waals surface area contributed by atoms with Gasteiger partial charge in [0.15, 0.2) is 6.29 Å². The van der Waals surface area contributed by atoms with E-state index in [0.29, 0.717) is 18.9 Å². The van der Waals surface area contributed by atoms with E-state index in [4.69, 9.17) is 21.1 Å². The summed E-state index contributed by atoms with van der Waals surface area (Å²) in [6.45, 7) is 7.66. The maximum atomic E-state index is 9.98. The number of unbranched alkanes of at least 4 members (excludes halogenated alkanes) is 2. The summed E-state index contributed by atoms with van der Waals surface area (Å²) in [5.41, 5.74) is -0.495. The summed E-state index contributed by atoms with van der Waals surface area (Å²) in [6.07, 6.45) is 0.596. The molecule has 1 rings (SSSR count). The molecule has 0 aromatic heterocycles. The lowest BCUT2D eigenvalue weighted by Gasteiger charge is -2.19. The lowest BCUT2D eigenvalue weighted by atomic mass is 10.1. The highest BCUT2D eigenvalue weighted by Crippen LogP contribution is 2.25. The van der Waals surface area contributed by atoms with Gasteiger partial charge in [-0.15, -0.1) is 0 Å². The molecular formula is C15H30ClNO4. The predicted octanol–water partition coefficient (Wildman–Crippen LogP) is 1.84. The van der Waals surface area contributed by atoms with Crippen LogP contribution in [0.25, 0.3) is 0 Å². The Morgan fingerprint density at radius 1 is 1.24 bits per heavy atom. The van der Waals surface area contributed by atoms with Gasteiger partial charge >= 0.3 is 0 Å².